The number of H-pyrrole nitrogens is 1. The lowest BCUT2D eigenvalue weighted by Crippen LogP contribution is -2.33. The molecule has 0 amide bonds. The SMILES string of the molecule is CCN1CCC(Cn2cc(C#N)c(=O)[nH]c2=O)C1. The summed E-state index contributed by atoms with van der Waals surface area (Å²) in [6.07, 6.45) is 2.40. The summed E-state index contributed by atoms with van der Waals surface area (Å²) < 4.78 is 1.43. The summed E-state index contributed by atoms with van der Waals surface area (Å²) in [6, 6.07) is 1.79. The second-order valence-corrected chi connectivity index (χ2v) is 4.61. The quantitative estimate of drug-likeness (QED) is 0.799. The van der Waals surface area contributed by atoms with Gasteiger partial charge in [-0.05, 0) is 25.4 Å². The van der Waals surface area contributed by atoms with E-state index in [0.717, 1.165) is 26.1 Å². The van der Waals surface area contributed by atoms with Crippen LogP contribution in [0.1, 0.15) is 18.9 Å². The van der Waals surface area contributed by atoms with E-state index in [4.69, 9.17) is 5.26 Å². The Morgan fingerprint density at radius 2 is 2.33 bits per heavy atom. The van der Waals surface area contributed by atoms with Crippen LogP contribution in [0.4, 0.5) is 0 Å². The van der Waals surface area contributed by atoms with Crippen molar-refractivity contribution in [3.63, 3.8) is 0 Å². The molecule has 1 aliphatic heterocycles. The molecule has 0 saturated carbocycles. The maximum atomic E-state index is 11.6. The fourth-order valence-corrected chi connectivity index (χ4v) is 2.35. The molecule has 1 unspecified atom stereocenters. The zero-order valence-corrected chi connectivity index (χ0v) is 10.3. The molecule has 1 aliphatic rings. The minimum Gasteiger partial charge on any atom is -0.303 e. The van der Waals surface area contributed by atoms with Crippen LogP contribution in [0.25, 0.3) is 0 Å². The summed E-state index contributed by atoms with van der Waals surface area (Å²) in [4.78, 5) is 27.4. The zero-order chi connectivity index (χ0) is 13.1. The molecule has 0 bridgehead atoms. The van der Waals surface area contributed by atoms with Crippen molar-refractivity contribution in [3.8, 4) is 6.07 Å². The predicted molar refractivity (Wildman–Crippen MR) is 66.3 cm³/mol. The Morgan fingerprint density at radius 1 is 1.56 bits per heavy atom. The fraction of sp³-hybridized carbons (Fsp3) is 0.583. The molecule has 1 N–H and O–H groups in total. The molecular formula is C12H16N4O2. The van der Waals surface area contributed by atoms with Gasteiger partial charge in [0.1, 0.15) is 11.6 Å². The summed E-state index contributed by atoms with van der Waals surface area (Å²) in [6.45, 7) is 5.69. The van der Waals surface area contributed by atoms with Crippen molar-refractivity contribution in [1.29, 1.82) is 5.26 Å². The molecule has 0 spiro atoms. The number of aromatic amines is 1. The summed E-state index contributed by atoms with van der Waals surface area (Å²) in [5.74, 6) is 0.403. The van der Waals surface area contributed by atoms with Gasteiger partial charge >= 0.3 is 5.69 Å². The van der Waals surface area contributed by atoms with Gasteiger partial charge in [0.15, 0.2) is 0 Å². The Labute approximate surface area is 104 Å². The van der Waals surface area contributed by atoms with E-state index >= 15 is 0 Å². The Bertz CT molecular complexity index is 581. The number of rotatable bonds is 3. The molecule has 2 heterocycles. The van der Waals surface area contributed by atoms with E-state index in [1.807, 2.05) is 0 Å². The number of nitriles is 1. The van der Waals surface area contributed by atoms with E-state index in [1.165, 1.54) is 10.8 Å². The molecule has 1 fully saturated rings. The number of likely N-dealkylation sites (tertiary alicyclic amines) is 1. The predicted octanol–water partition coefficient (Wildman–Crippen LogP) is -0.250. The van der Waals surface area contributed by atoms with Crippen LogP contribution in [0.2, 0.25) is 0 Å². The molecule has 1 atom stereocenters. The van der Waals surface area contributed by atoms with Crippen molar-refractivity contribution < 1.29 is 0 Å². The van der Waals surface area contributed by atoms with E-state index in [0.29, 0.717) is 12.5 Å². The molecule has 96 valence electrons. The average Bonchev–Trinajstić information content (AvgIpc) is 2.80. The topological polar surface area (TPSA) is 81.9 Å². The monoisotopic (exact) mass is 248 g/mol. The van der Waals surface area contributed by atoms with E-state index in [1.54, 1.807) is 6.07 Å². The van der Waals surface area contributed by atoms with Gasteiger partial charge in [-0.1, -0.05) is 6.92 Å². The molecule has 2 rings (SSSR count). The highest BCUT2D eigenvalue weighted by molar-refractivity contribution is 5.21. The average molecular weight is 248 g/mol. The number of hydrogen-bond acceptors (Lipinski definition) is 4. The van der Waals surface area contributed by atoms with Crippen molar-refractivity contribution >= 4 is 0 Å². The lowest BCUT2D eigenvalue weighted by atomic mass is 10.1. The van der Waals surface area contributed by atoms with Gasteiger partial charge in [0.25, 0.3) is 5.56 Å². The van der Waals surface area contributed by atoms with Gasteiger partial charge in [0, 0.05) is 19.3 Å². The highest BCUT2D eigenvalue weighted by Crippen LogP contribution is 2.16. The van der Waals surface area contributed by atoms with E-state index < -0.39 is 11.2 Å². The second kappa shape index (κ2) is 5.19. The van der Waals surface area contributed by atoms with Gasteiger partial charge in [-0.25, -0.2) is 4.79 Å². The van der Waals surface area contributed by atoms with Crippen LogP contribution >= 0.6 is 0 Å². The van der Waals surface area contributed by atoms with E-state index in [-0.39, 0.29) is 5.56 Å². The highest BCUT2D eigenvalue weighted by Gasteiger charge is 2.21. The number of hydrogen-bond donors (Lipinski definition) is 1. The van der Waals surface area contributed by atoms with Crippen LogP contribution in [0.3, 0.4) is 0 Å². The number of nitrogens with one attached hydrogen (secondary N) is 1. The molecule has 0 aliphatic carbocycles. The zero-order valence-electron chi connectivity index (χ0n) is 10.3. The summed E-state index contributed by atoms with van der Waals surface area (Å²) in [5.41, 5.74) is -1.06. The van der Waals surface area contributed by atoms with Crippen molar-refractivity contribution in [2.75, 3.05) is 19.6 Å². The van der Waals surface area contributed by atoms with Crippen molar-refractivity contribution in [1.82, 2.24) is 14.5 Å². The number of nitrogens with zero attached hydrogens (tertiary/aromatic N) is 3. The highest BCUT2D eigenvalue weighted by atomic mass is 16.2. The summed E-state index contributed by atoms with van der Waals surface area (Å²) >= 11 is 0. The van der Waals surface area contributed by atoms with Crippen LogP contribution in [0.15, 0.2) is 15.8 Å². The van der Waals surface area contributed by atoms with Crippen LogP contribution in [-0.2, 0) is 6.54 Å². The first-order valence-electron chi connectivity index (χ1n) is 6.10. The van der Waals surface area contributed by atoms with Crippen LogP contribution in [0.5, 0.6) is 0 Å². The van der Waals surface area contributed by atoms with Crippen LogP contribution < -0.4 is 11.2 Å². The first-order valence-corrected chi connectivity index (χ1v) is 6.10. The van der Waals surface area contributed by atoms with Crippen LogP contribution in [-0.4, -0.2) is 34.1 Å². The Balaban J connectivity index is 2.18. The lowest BCUT2D eigenvalue weighted by molar-refractivity contribution is 0.331. The van der Waals surface area contributed by atoms with Gasteiger partial charge in [-0.2, -0.15) is 5.26 Å². The minimum atomic E-state index is -0.611. The Hall–Kier alpha value is -1.87. The molecule has 6 heteroatoms. The lowest BCUT2D eigenvalue weighted by Gasteiger charge is -2.14. The standard InChI is InChI=1S/C12H16N4O2/c1-2-15-4-3-9(6-15)7-16-8-10(5-13)11(17)14-12(16)18/h8-9H,2-4,6-7H2,1H3,(H,14,17,18). The first kappa shape index (κ1) is 12.6. The van der Waals surface area contributed by atoms with Gasteiger partial charge in [-0.15, -0.1) is 0 Å². The minimum absolute atomic E-state index is 0.0139. The summed E-state index contributed by atoms with van der Waals surface area (Å²) in [5, 5.41) is 8.78. The normalized spacial score (nSPS) is 19.9. The van der Waals surface area contributed by atoms with Gasteiger partial charge in [0.05, 0.1) is 0 Å². The molecule has 1 aromatic heterocycles. The summed E-state index contributed by atoms with van der Waals surface area (Å²) in [7, 11) is 0. The molecule has 0 radical (unpaired) electrons. The maximum absolute atomic E-state index is 11.6. The Kier molecular flexibility index (Phi) is 3.63. The molecule has 6 nitrogen and oxygen atoms in total. The number of aromatic nitrogens is 2. The molecule has 1 saturated heterocycles. The van der Waals surface area contributed by atoms with Crippen LogP contribution in [0, 0.1) is 17.2 Å². The van der Waals surface area contributed by atoms with Crippen molar-refractivity contribution in [2.45, 2.75) is 19.9 Å². The first-order chi connectivity index (χ1) is 8.63. The van der Waals surface area contributed by atoms with Gasteiger partial charge in [-0.3, -0.25) is 14.3 Å². The van der Waals surface area contributed by atoms with Crippen molar-refractivity contribution in [3.05, 3.63) is 32.6 Å². The second-order valence-electron chi connectivity index (χ2n) is 4.61. The fourth-order valence-electron chi connectivity index (χ4n) is 2.35. The van der Waals surface area contributed by atoms with Gasteiger partial charge < -0.3 is 4.90 Å². The molecule has 0 aromatic carbocycles. The molecular weight excluding hydrogens is 232 g/mol. The van der Waals surface area contributed by atoms with Crippen molar-refractivity contribution in [2.24, 2.45) is 5.92 Å². The third-order valence-electron chi connectivity index (χ3n) is 3.40. The van der Waals surface area contributed by atoms with E-state index in [2.05, 4.69) is 16.8 Å². The smallest absolute Gasteiger partial charge is 0.303 e. The third-order valence-corrected chi connectivity index (χ3v) is 3.40. The largest absolute Gasteiger partial charge is 0.328 e. The third kappa shape index (κ3) is 2.51. The maximum Gasteiger partial charge on any atom is 0.328 e. The molecule has 1 aromatic rings. The van der Waals surface area contributed by atoms with E-state index in [9.17, 15) is 9.59 Å². The molecule has 18 heavy (non-hydrogen) atoms. The Morgan fingerprint density at radius 3 is 2.94 bits per heavy atom. The van der Waals surface area contributed by atoms with Gasteiger partial charge in [0.2, 0.25) is 0 Å².